The summed E-state index contributed by atoms with van der Waals surface area (Å²) in [6.07, 6.45) is 0.583. The lowest BCUT2D eigenvalue weighted by atomic mass is 10.1. The Kier molecular flexibility index (Phi) is 5.31. The third-order valence-corrected chi connectivity index (χ3v) is 8.07. The van der Waals surface area contributed by atoms with Crippen molar-refractivity contribution in [2.24, 2.45) is 0 Å². The molecule has 0 saturated carbocycles. The predicted molar refractivity (Wildman–Crippen MR) is 124 cm³/mol. The van der Waals surface area contributed by atoms with Crippen molar-refractivity contribution in [1.82, 2.24) is 19.7 Å². The standard InChI is InChI=1S/C23H19FN4O4S2/c24-16-1-2-17-18(11-16)28(22(29)26-7-3-19-14(12-26)5-9-33-19)25-21(17)31-23(30)32-27-8-4-20-15(13-27)6-10-34-20/h1-2,5-6,9-11H,3-4,7-8,12-13H2. The molecule has 0 bridgehead atoms. The molecule has 1 aromatic carbocycles. The molecule has 0 atom stereocenters. The van der Waals surface area contributed by atoms with Gasteiger partial charge in [0.05, 0.1) is 17.4 Å². The second-order valence-electron chi connectivity index (χ2n) is 8.13. The number of aromatic nitrogens is 2. The minimum Gasteiger partial charge on any atom is -0.372 e. The Morgan fingerprint density at radius 3 is 2.50 bits per heavy atom. The molecule has 1 amide bonds. The van der Waals surface area contributed by atoms with Gasteiger partial charge in [0.2, 0.25) is 0 Å². The van der Waals surface area contributed by atoms with Crippen LogP contribution in [0.1, 0.15) is 20.9 Å². The Hall–Kier alpha value is -3.28. The molecule has 0 N–H and O–H groups in total. The van der Waals surface area contributed by atoms with E-state index in [-0.39, 0.29) is 11.4 Å². The van der Waals surface area contributed by atoms with Crippen LogP contribution in [-0.4, -0.2) is 45.0 Å². The highest BCUT2D eigenvalue weighted by molar-refractivity contribution is 7.10. The maximum absolute atomic E-state index is 14.1. The molecule has 0 fully saturated rings. The zero-order valence-electron chi connectivity index (χ0n) is 17.9. The molecule has 34 heavy (non-hydrogen) atoms. The van der Waals surface area contributed by atoms with Gasteiger partial charge in [0.15, 0.2) is 0 Å². The van der Waals surface area contributed by atoms with E-state index in [1.54, 1.807) is 27.6 Å². The number of carbonyl (C=O) groups is 2. The Balaban J connectivity index is 1.23. The van der Waals surface area contributed by atoms with Crippen LogP contribution in [0.2, 0.25) is 0 Å². The van der Waals surface area contributed by atoms with E-state index in [0.29, 0.717) is 31.6 Å². The van der Waals surface area contributed by atoms with Crippen molar-refractivity contribution in [3.05, 3.63) is 67.8 Å². The monoisotopic (exact) mass is 498 g/mol. The highest BCUT2D eigenvalue weighted by Gasteiger charge is 2.28. The van der Waals surface area contributed by atoms with Gasteiger partial charge < -0.3 is 14.5 Å². The SMILES string of the molecule is O=C(Oc1nn(C(=O)N2CCc3sccc3C2)c2cc(F)ccc12)ON1CCc2sccc2C1. The Morgan fingerprint density at radius 2 is 1.71 bits per heavy atom. The summed E-state index contributed by atoms with van der Waals surface area (Å²) in [4.78, 5) is 35.4. The van der Waals surface area contributed by atoms with Gasteiger partial charge in [-0.2, -0.15) is 4.68 Å². The molecule has 174 valence electrons. The number of thiophene rings is 2. The highest BCUT2D eigenvalue weighted by atomic mass is 32.1. The van der Waals surface area contributed by atoms with Gasteiger partial charge in [-0.3, -0.25) is 0 Å². The van der Waals surface area contributed by atoms with Crippen LogP contribution in [0.5, 0.6) is 5.88 Å². The van der Waals surface area contributed by atoms with Crippen LogP contribution in [0.15, 0.2) is 41.1 Å². The molecule has 0 saturated heterocycles. The Morgan fingerprint density at radius 1 is 0.971 bits per heavy atom. The van der Waals surface area contributed by atoms with Crippen LogP contribution in [0.3, 0.4) is 0 Å². The first-order valence-electron chi connectivity index (χ1n) is 10.8. The van der Waals surface area contributed by atoms with Gasteiger partial charge in [0.1, 0.15) is 5.82 Å². The first-order valence-corrected chi connectivity index (χ1v) is 12.5. The summed E-state index contributed by atoms with van der Waals surface area (Å²) < 4.78 is 20.5. The van der Waals surface area contributed by atoms with Crippen LogP contribution in [-0.2, 0) is 30.8 Å². The third kappa shape index (κ3) is 3.85. The van der Waals surface area contributed by atoms with Gasteiger partial charge in [0.25, 0.3) is 5.88 Å². The number of ether oxygens (including phenoxy) is 1. The number of benzene rings is 1. The quantitative estimate of drug-likeness (QED) is 0.369. The minimum absolute atomic E-state index is 0.102. The number of hydrogen-bond donors (Lipinski definition) is 0. The molecule has 2 aliphatic rings. The molecule has 6 rings (SSSR count). The maximum atomic E-state index is 14.1. The summed E-state index contributed by atoms with van der Waals surface area (Å²) in [7, 11) is 0. The number of nitrogens with zero attached hydrogens (tertiary/aromatic N) is 4. The molecular weight excluding hydrogens is 479 g/mol. The molecule has 0 aliphatic carbocycles. The molecule has 5 heterocycles. The zero-order chi connectivity index (χ0) is 23.2. The summed E-state index contributed by atoms with van der Waals surface area (Å²) >= 11 is 3.36. The van der Waals surface area contributed by atoms with Crippen LogP contribution in [0.4, 0.5) is 14.0 Å². The number of carbonyl (C=O) groups excluding carboxylic acids is 2. The van der Waals surface area contributed by atoms with Gasteiger partial charge in [-0.25, -0.2) is 14.0 Å². The summed E-state index contributed by atoms with van der Waals surface area (Å²) in [5, 5.41) is 10.1. The molecule has 8 nitrogen and oxygen atoms in total. The van der Waals surface area contributed by atoms with Crippen LogP contribution in [0, 0.1) is 5.82 Å². The Labute approximate surface area is 201 Å². The third-order valence-electron chi connectivity index (χ3n) is 6.02. The second-order valence-corrected chi connectivity index (χ2v) is 10.1. The van der Waals surface area contributed by atoms with Crippen LogP contribution in [0.25, 0.3) is 10.9 Å². The first-order chi connectivity index (χ1) is 16.5. The lowest BCUT2D eigenvalue weighted by Crippen LogP contribution is -2.38. The van der Waals surface area contributed by atoms with E-state index in [9.17, 15) is 14.0 Å². The molecule has 4 aromatic rings. The highest BCUT2D eigenvalue weighted by Crippen LogP contribution is 2.29. The summed E-state index contributed by atoms with van der Waals surface area (Å²) in [5.41, 5.74) is 2.45. The lowest BCUT2D eigenvalue weighted by Gasteiger charge is -2.26. The fraction of sp³-hybridized carbons (Fsp3) is 0.261. The van der Waals surface area contributed by atoms with Crippen molar-refractivity contribution in [3.63, 3.8) is 0 Å². The number of rotatable bonds is 2. The smallest absolute Gasteiger partial charge is 0.372 e. The summed E-state index contributed by atoms with van der Waals surface area (Å²) in [6, 6.07) is 7.49. The molecule has 0 radical (unpaired) electrons. The predicted octanol–water partition coefficient (Wildman–Crippen LogP) is 4.81. The summed E-state index contributed by atoms with van der Waals surface area (Å²) in [6.45, 7) is 2.01. The average Bonchev–Trinajstić information content (AvgIpc) is 3.56. The molecule has 3 aromatic heterocycles. The summed E-state index contributed by atoms with van der Waals surface area (Å²) in [5.74, 6) is -0.621. The van der Waals surface area contributed by atoms with E-state index >= 15 is 0 Å². The van der Waals surface area contributed by atoms with Crippen molar-refractivity contribution in [1.29, 1.82) is 0 Å². The average molecular weight is 499 g/mol. The second kappa shape index (κ2) is 8.49. The number of hydrogen-bond acceptors (Lipinski definition) is 8. The number of fused-ring (bicyclic) bond motifs is 3. The number of amides is 1. The normalized spacial score (nSPS) is 15.7. The van der Waals surface area contributed by atoms with Crippen molar-refractivity contribution in [3.8, 4) is 5.88 Å². The largest absolute Gasteiger partial charge is 0.534 e. The van der Waals surface area contributed by atoms with Crippen LogP contribution >= 0.6 is 22.7 Å². The van der Waals surface area contributed by atoms with E-state index in [0.717, 1.165) is 28.7 Å². The van der Waals surface area contributed by atoms with E-state index in [1.807, 2.05) is 22.9 Å². The van der Waals surface area contributed by atoms with Crippen molar-refractivity contribution >= 4 is 45.8 Å². The number of halogens is 1. The van der Waals surface area contributed by atoms with Gasteiger partial charge >= 0.3 is 12.2 Å². The molecular formula is C23H19FN4O4S2. The van der Waals surface area contributed by atoms with E-state index in [1.165, 1.54) is 33.0 Å². The van der Waals surface area contributed by atoms with Crippen molar-refractivity contribution in [2.45, 2.75) is 25.9 Å². The van der Waals surface area contributed by atoms with E-state index < -0.39 is 18.0 Å². The maximum Gasteiger partial charge on any atom is 0.534 e. The Bertz CT molecular complexity index is 1410. The number of hydroxylamine groups is 2. The first kappa shape index (κ1) is 21.3. The zero-order valence-corrected chi connectivity index (χ0v) is 19.5. The van der Waals surface area contributed by atoms with E-state index in [2.05, 4.69) is 5.10 Å². The van der Waals surface area contributed by atoms with E-state index in [4.69, 9.17) is 9.57 Å². The molecule has 0 spiro atoms. The fourth-order valence-electron chi connectivity index (χ4n) is 4.33. The molecule has 2 aliphatic heterocycles. The van der Waals surface area contributed by atoms with Gasteiger partial charge in [-0.15, -0.1) is 32.8 Å². The molecule has 11 heteroatoms. The van der Waals surface area contributed by atoms with Crippen molar-refractivity contribution < 1.29 is 23.6 Å². The topological polar surface area (TPSA) is 76.9 Å². The van der Waals surface area contributed by atoms with Gasteiger partial charge in [-0.05, 0) is 59.0 Å². The van der Waals surface area contributed by atoms with Crippen LogP contribution < -0.4 is 4.74 Å². The minimum atomic E-state index is -0.956. The van der Waals surface area contributed by atoms with Gasteiger partial charge in [0, 0.05) is 35.5 Å². The molecule has 0 unspecified atom stereocenters. The van der Waals surface area contributed by atoms with Gasteiger partial charge in [-0.1, -0.05) is 0 Å². The van der Waals surface area contributed by atoms with Crippen molar-refractivity contribution in [2.75, 3.05) is 13.1 Å². The fourth-order valence-corrected chi connectivity index (χ4v) is 6.11. The lowest BCUT2D eigenvalue weighted by molar-refractivity contribution is -0.126.